The van der Waals surface area contributed by atoms with E-state index in [0.717, 1.165) is 11.3 Å². The van der Waals surface area contributed by atoms with Crippen molar-refractivity contribution in [2.24, 2.45) is 0 Å². The SMILES string of the molecule is CN(C)C(=O)C[C@H](O)c1cc2n(n1)CCN(C(=O)Cc1ccsc1)C2. The molecule has 0 aliphatic carbocycles. The van der Waals surface area contributed by atoms with E-state index in [1.807, 2.05) is 26.4 Å². The molecule has 7 nitrogen and oxygen atoms in total. The number of thiophene rings is 1. The standard InChI is InChI=1S/C17H22N4O3S/c1-19(2)16(23)9-15(22)14-8-13-10-20(4-5-21(13)18-14)17(24)7-12-3-6-25-11-12/h3,6,8,11,15,22H,4-5,7,9-10H2,1-2H3/t15-/m0/s1. The highest BCUT2D eigenvalue weighted by Crippen LogP contribution is 2.21. The fourth-order valence-corrected chi connectivity index (χ4v) is 3.47. The number of carbonyl (C=O) groups excluding carboxylic acids is 2. The summed E-state index contributed by atoms with van der Waals surface area (Å²) >= 11 is 1.59. The second-order valence-electron chi connectivity index (χ2n) is 6.42. The van der Waals surface area contributed by atoms with Crippen molar-refractivity contribution in [3.63, 3.8) is 0 Å². The van der Waals surface area contributed by atoms with Crippen LogP contribution in [0.15, 0.2) is 22.9 Å². The fourth-order valence-electron chi connectivity index (χ4n) is 2.80. The fraction of sp³-hybridized carbons (Fsp3) is 0.471. The molecule has 0 spiro atoms. The largest absolute Gasteiger partial charge is 0.386 e. The Bertz CT molecular complexity index is 754. The van der Waals surface area contributed by atoms with Crippen LogP contribution in [0.25, 0.3) is 0 Å². The topological polar surface area (TPSA) is 78.7 Å². The minimum atomic E-state index is -0.928. The number of nitrogens with zero attached hydrogens (tertiary/aromatic N) is 4. The van der Waals surface area contributed by atoms with E-state index in [0.29, 0.717) is 31.7 Å². The Labute approximate surface area is 150 Å². The summed E-state index contributed by atoms with van der Waals surface area (Å²) in [5.41, 5.74) is 2.40. The molecule has 0 fully saturated rings. The first kappa shape index (κ1) is 17.6. The van der Waals surface area contributed by atoms with Gasteiger partial charge in [-0.25, -0.2) is 0 Å². The molecule has 3 heterocycles. The first-order valence-electron chi connectivity index (χ1n) is 8.17. The molecular weight excluding hydrogens is 340 g/mol. The Morgan fingerprint density at radius 2 is 2.20 bits per heavy atom. The van der Waals surface area contributed by atoms with Gasteiger partial charge >= 0.3 is 0 Å². The number of hydrogen-bond donors (Lipinski definition) is 1. The number of amides is 2. The summed E-state index contributed by atoms with van der Waals surface area (Å²) in [6.07, 6.45) is -0.516. The molecule has 1 aliphatic rings. The minimum absolute atomic E-state index is 0.00422. The van der Waals surface area contributed by atoms with Crippen molar-refractivity contribution >= 4 is 23.2 Å². The molecule has 3 rings (SSSR count). The van der Waals surface area contributed by atoms with E-state index in [9.17, 15) is 14.7 Å². The molecule has 8 heteroatoms. The number of rotatable bonds is 5. The highest BCUT2D eigenvalue weighted by Gasteiger charge is 2.25. The molecule has 0 aromatic carbocycles. The van der Waals surface area contributed by atoms with E-state index in [2.05, 4.69) is 5.10 Å². The second-order valence-corrected chi connectivity index (χ2v) is 7.20. The zero-order valence-electron chi connectivity index (χ0n) is 14.4. The third-order valence-corrected chi connectivity index (χ3v) is 5.05. The second kappa shape index (κ2) is 7.37. The maximum atomic E-state index is 12.4. The number of hydrogen-bond acceptors (Lipinski definition) is 5. The van der Waals surface area contributed by atoms with E-state index in [-0.39, 0.29) is 18.2 Å². The summed E-state index contributed by atoms with van der Waals surface area (Å²) in [6, 6.07) is 3.75. The van der Waals surface area contributed by atoms with E-state index >= 15 is 0 Å². The number of aliphatic hydroxyl groups excluding tert-OH is 1. The molecule has 2 aromatic heterocycles. The summed E-state index contributed by atoms with van der Waals surface area (Å²) < 4.78 is 1.81. The van der Waals surface area contributed by atoms with Crippen LogP contribution >= 0.6 is 11.3 Å². The van der Waals surface area contributed by atoms with Crippen LogP contribution < -0.4 is 0 Å². The molecule has 25 heavy (non-hydrogen) atoms. The van der Waals surface area contributed by atoms with Gasteiger partial charge in [-0.3, -0.25) is 14.3 Å². The van der Waals surface area contributed by atoms with Crippen molar-refractivity contribution in [2.45, 2.75) is 32.0 Å². The zero-order chi connectivity index (χ0) is 18.0. The van der Waals surface area contributed by atoms with Crippen LogP contribution in [0.1, 0.15) is 29.5 Å². The van der Waals surface area contributed by atoms with Gasteiger partial charge in [-0.15, -0.1) is 0 Å². The number of aliphatic hydroxyl groups is 1. The van der Waals surface area contributed by atoms with Gasteiger partial charge in [-0.05, 0) is 28.5 Å². The Balaban J connectivity index is 1.64. The molecule has 1 aliphatic heterocycles. The molecule has 2 aromatic rings. The van der Waals surface area contributed by atoms with Crippen LogP contribution in [0.2, 0.25) is 0 Å². The summed E-state index contributed by atoms with van der Waals surface area (Å²) in [7, 11) is 3.31. The molecule has 134 valence electrons. The van der Waals surface area contributed by atoms with Gasteiger partial charge in [0.1, 0.15) is 6.10 Å². The van der Waals surface area contributed by atoms with Crippen LogP contribution in [-0.4, -0.2) is 57.1 Å². The Morgan fingerprint density at radius 3 is 2.88 bits per heavy atom. The van der Waals surface area contributed by atoms with Crippen LogP contribution in [-0.2, 0) is 29.1 Å². The lowest BCUT2D eigenvalue weighted by molar-refractivity contribution is -0.132. The Morgan fingerprint density at radius 1 is 1.40 bits per heavy atom. The van der Waals surface area contributed by atoms with Gasteiger partial charge in [0.15, 0.2) is 0 Å². The van der Waals surface area contributed by atoms with Crippen LogP contribution in [0.3, 0.4) is 0 Å². The third kappa shape index (κ3) is 4.08. The maximum Gasteiger partial charge on any atom is 0.227 e. The van der Waals surface area contributed by atoms with Gasteiger partial charge in [0.2, 0.25) is 11.8 Å². The van der Waals surface area contributed by atoms with Gasteiger partial charge in [0.05, 0.1) is 37.3 Å². The summed E-state index contributed by atoms with van der Waals surface area (Å²) in [5.74, 6) is -0.0539. The monoisotopic (exact) mass is 362 g/mol. The van der Waals surface area contributed by atoms with Gasteiger partial charge in [-0.2, -0.15) is 16.4 Å². The first-order valence-corrected chi connectivity index (χ1v) is 9.12. The zero-order valence-corrected chi connectivity index (χ0v) is 15.2. The van der Waals surface area contributed by atoms with Crippen molar-refractivity contribution in [3.8, 4) is 0 Å². The molecule has 1 N–H and O–H groups in total. The highest BCUT2D eigenvalue weighted by atomic mass is 32.1. The van der Waals surface area contributed by atoms with E-state index in [1.54, 1.807) is 31.5 Å². The molecule has 0 bridgehead atoms. The van der Waals surface area contributed by atoms with Crippen molar-refractivity contribution in [1.29, 1.82) is 0 Å². The minimum Gasteiger partial charge on any atom is -0.386 e. The highest BCUT2D eigenvalue weighted by molar-refractivity contribution is 7.08. The van der Waals surface area contributed by atoms with Gasteiger partial charge in [0.25, 0.3) is 0 Å². The third-order valence-electron chi connectivity index (χ3n) is 4.31. The quantitative estimate of drug-likeness (QED) is 0.862. The number of carbonyl (C=O) groups is 2. The molecule has 0 radical (unpaired) electrons. The Hall–Kier alpha value is -2.19. The van der Waals surface area contributed by atoms with Gasteiger partial charge in [0, 0.05) is 20.6 Å². The maximum absolute atomic E-state index is 12.4. The van der Waals surface area contributed by atoms with Crippen molar-refractivity contribution in [1.82, 2.24) is 19.6 Å². The van der Waals surface area contributed by atoms with Crippen molar-refractivity contribution < 1.29 is 14.7 Å². The smallest absolute Gasteiger partial charge is 0.227 e. The van der Waals surface area contributed by atoms with Crippen LogP contribution in [0.4, 0.5) is 0 Å². The summed E-state index contributed by atoms with van der Waals surface area (Å²) in [5, 5.41) is 18.6. The number of aromatic nitrogens is 2. The van der Waals surface area contributed by atoms with Crippen LogP contribution in [0.5, 0.6) is 0 Å². The molecule has 0 saturated heterocycles. The average molecular weight is 362 g/mol. The van der Waals surface area contributed by atoms with E-state index < -0.39 is 6.10 Å². The van der Waals surface area contributed by atoms with Crippen LogP contribution in [0, 0.1) is 0 Å². The predicted octanol–water partition coefficient (Wildman–Crippen LogP) is 1.04. The first-order chi connectivity index (χ1) is 11.9. The molecule has 2 amide bonds. The molecular formula is C17H22N4O3S. The summed E-state index contributed by atoms with van der Waals surface area (Å²) in [6.45, 7) is 1.67. The average Bonchev–Trinajstić information content (AvgIpc) is 3.22. The summed E-state index contributed by atoms with van der Waals surface area (Å²) in [4.78, 5) is 27.4. The van der Waals surface area contributed by atoms with Crippen molar-refractivity contribution in [3.05, 3.63) is 39.8 Å². The lowest BCUT2D eigenvalue weighted by Gasteiger charge is -2.27. The van der Waals surface area contributed by atoms with Crippen molar-refractivity contribution in [2.75, 3.05) is 20.6 Å². The normalized spacial score (nSPS) is 14.9. The van der Waals surface area contributed by atoms with Gasteiger partial charge < -0.3 is 14.9 Å². The van der Waals surface area contributed by atoms with E-state index in [1.165, 1.54) is 4.90 Å². The van der Waals surface area contributed by atoms with E-state index in [4.69, 9.17) is 0 Å². The molecule has 0 saturated carbocycles. The molecule has 1 atom stereocenters. The lowest BCUT2D eigenvalue weighted by atomic mass is 10.1. The molecule has 0 unspecified atom stereocenters. The Kier molecular flexibility index (Phi) is 5.19. The number of fused-ring (bicyclic) bond motifs is 1. The lowest BCUT2D eigenvalue weighted by Crippen LogP contribution is -2.39. The predicted molar refractivity (Wildman–Crippen MR) is 93.9 cm³/mol. The van der Waals surface area contributed by atoms with Gasteiger partial charge in [-0.1, -0.05) is 0 Å².